The minimum absolute atomic E-state index is 0.0532. The smallest absolute Gasteiger partial charge is 0.239 e. The fourth-order valence-electron chi connectivity index (χ4n) is 4.42. The Bertz CT molecular complexity index is 960. The first-order chi connectivity index (χ1) is 16.2. The van der Waals surface area contributed by atoms with E-state index in [0.29, 0.717) is 64.2 Å². The zero-order valence-corrected chi connectivity index (χ0v) is 19.0. The molecule has 2 saturated heterocycles. The quantitative estimate of drug-likeness (QED) is 0.679. The van der Waals surface area contributed by atoms with Crippen molar-refractivity contribution < 1.29 is 14.3 Å². The fraction of sp³-hybridized carbons (Fsp3) is 0.542. The molecule has 0 unspecified atom stereocenters. The van der Waals surface area contributed by atoms with E-state index in [4.69, 9.17) is 9.84 Å². The van der Waals surface area contributed by atoms with Crippen molar-refractivity contribution in [1.82, 2.24) is 24.5 Å². The zero-order chi connectivity index (χ0) is 22.6. The van der Waals surface area contributed by atoms with Gasteiger partial charge in [-0.1, -0.05) is 18.2 Å². The Labute approximate surface area is 194 Å². The van der Waals surface area contributed by atoms with Gasteiger partial charge in [-0.15, -0.1) is 0 Å². The highest BCUT2D eigenvalue weighted by Gasteiger charge is 2.28. The lowest BCUT2D eigenvalue weighted by molar-refractivity contribution is -0.135. The molecule has 3 fully saturated rings. The van der Waals surface area contributed by atoms with Crippen LogP contribution >= 0.6 is 0 Å². The molecule has 176 valence electrons. The van der Waals surface area contributed by atoms with Crippen LogP contribution in [0.25, 0.3) is 5.69 Å². The van der Waals surface area contributed by atoms with Crippen molar-refractivity contribution >= 4 is 17.6 Å². The summed E-state index contributed by atoms with van der Waals surface area (Å²) in [5.41, 5.74) is 1.98. The highest BCUT2D eigenvalue weighted by molar-refractivity contribution is 5.91. The number of benzene rings is 1. The van der Waals surface area contributed by atoms with Crippen LogP contribution in [0, 0.1) is 0 Å². The van der Waals surface area contributed by atoms with Crippen LogP contribution in [0.3, 0.4) is 0 Å². The molecule has 1 aromatic heterocycles. The molecule has 0 bridgehead atoms. The molecule has 0 radical (unpaired) electrons. The third-order valence-electron chi connectivity index (χ3n) is 6.55. The molecule has 33 heavy (non-hydrogen) atoms. The Morgan fingerprint density at radius 1 is 0.939 bits per heavy atom. The number of anilines is 1. The molecule has 2 aromatic rings. The van der Waals surface area contributed by atoms with E-state index in [-0.39, 0.29) is 11.8 Å². The zero-order valence-electron chi connectivity index (χ0n) is 19.0. The maximum Gasteiger partial charge on any atom is 0.239 e. The van der Waals surface area contributed by atoms with E-state index in [0.717, 1.165) is 37.3 Å². The lowest BCUT2D eigenvalue weighted by Crippen LogP contribution is -2.53. The van der Waals surface area contributed by atoms with Crippen molar-refractivity contribution in [2.75, 3.05) is 70.9 Å². The van der Waals surface area contributed by atoms with Gasteiger partial charge in [-0.25, -0.2) is 4.68 Å². The van der Waals surface area contributed by atoms with Crippen molar-refractivity contribution in [1.29, 1.82) is 0 Å². The van der Waals surface area contributed by atoms with Crippen LogP contribution in [0.2, 0.25) is 0 Å². The fourth-order valence-corrected chi connectivity index (χ4v) is 4.42. The molecule has 9 heteroatoms. The Kier molecular flexibility index (Phi) is 6.70. The molecule has 2 amide bonds. The molecule has 1 N–H and O–H groups in total. The number of ether oxygens (including phenoxy) is 1. The first kappa shape index (κ1) is 22.1. The summed E-state index contributed by atoms with van der Waals surface area (Å²) in [6.07, 6.45) is 2.32. The van der Waals surface area contributed by atoms with Crippen molar-refractivity contribution in [3.63, 3.8) is 0 Å². The van der Waals surface area contributed by atoms with Gasteiger partial charge in [0.05, 0.1) is 37.7 Å². The summed E-state index contributed by atoms with van der Waals surface area (Å²) in [6.45, 7) is 6.50. The number of amides is 2. The van der Waals surface area contributed by atoms with E-state index in [1.807, 2.05) is 46.0 Å². The molecule has 3 heterocycles. The van der Waals surface area contributed by atoms with Gasteiger partial charge in [-0.3, -0.25) is 19.4 Å². The Morgan fingerprint density at radius 2 is 1.64 bits per heavy atom. The van der Waals surface area contributed by atoms with Gasteiger partial charge in [0.25, 0.3) is 0 Å². The second-order valence-electron chi connectivity index (χ2n) is 9.07. The molecular formula is C24H32N6O3. The number of rotatable bonds is 7. The van der Waals surface area contributed by atoms with E-state index in [9.17, 15) is 9.59 Å². The van der Waals surface area contributed by atoms with Gasteiger partial charge in [-0.05, 0) is 25.0 Å². The molecule has 2 aliphatic heterocycles. The van der Waals surface area contributed by atoms with Crippen LogP contribution in [-0.4, -0.2) is 102 Å². The van der Waals surface area contributed by atoms with E-state index < -0.39 is 0 Å². The maximum absolute atomic E-state index is 12.8. The molecule has 1 aromatic carbocycles. The second-order valence-corrected chi connectivity index (χ2v) is 9.07. The van der Waals surface area contributed by atoms with E-state index in [2.05, 4.69) is 15.1 Å². The monoisotopic (exact) mass is 452 g/mol. The molecule has 5 rings (SSSR count). The number of morpholine rings is 1. The average Bonchev–Trinajstić information content (AvgIpc) is 3.61. The number of piperazine rings is 1. The van der Waals surface area contributed by atoms with Crippen LogP contribution in [0.5, 0.6) is 0 Å². The number of nitrogens with one attached hydrogen (secondary N) is 1. The SMILES string of the molecule is O=C(CN1CCN(C(=O)CN2CCOCC2)CC1)Nc1cc(C2CC2)nn1-c1ccccc1. The molecular weight excluding hydrogens is 420 g/mol. The summed E-state index contributed by atoms with van der Waals surface area (Å²) in [5, 5.41) is 7.82. The van der Waals surface area contributed by atoms with Crippen LogP contribution in [0.15, 0.2) is 36.4 Å². The van der Waals surface area contributed by atoms with Crippen molar-refractivity contribution in [2.24, 2.45) is 0 Å². The predicted molar refractivity (Wildman–Crippen MR) is 124 cm³/mol. The highest BCUT2D eigenvalue weighted by atomic mass is 16.5. The molecule has 1 aliphatic carbocycles. The summed E-state index contributed by atoms with van der Waals surface area (Å²) in [7, 11) is 0. The summed E-state index contributed by atoms with van der Waals surface area (Å²) in [6, 6.07) is 11.9. The second kappa shape index (κ2) is 10.0. The van der Waals surface area contributed by atoms with Gasteiger partial charge in [0.2, 0.25) is 11.8 Å². The lowest BCUT2D eigenvalue weighted by atomic mass is 10.3. The normalized spacial score (nSPS) is 20.1. The van der Waals surface area contributed by atoms with Crippen molar-refractivity contribution in [3.8, 4) is 5.69 Å². The van der Waals surface area contributed by atoms with Crippen molar-refractivity contribution in [2.45, 2.75) is 18.8 Å². The van der Waals surface area contributed by atoms with Crippen molar-refractivity contribution in [3.05, 3.63) is 42.1 Å². The largest absolute Gasteiger partial charge is 0.379 e. The van der Waals surface area contributed by atoms with Gasteiger partial charge in [0, 0.05) is 51.3 Å². The highest BCUT2D eigenvalue weighted by Crippen LogP contribution is 2.40. The third kappa shape index (κ3) is 5.61. The minimum Gasteiger partial charge on any atom is -0.379 e. The Balaban J connectivity index is 1.13. The van der Waals surface area contributed by atoms with E-state index in [1.165, 1.54) is 0 Å². The van der Waals surface area contributed by atoms with Gasteiger partial charge in [0.1, 0.15) is 5.82 Å². The minimum atomic E-state index is -0.0532. The predicted octanol–water partition coefficient (Wildman–Crippen LogP) is 1.16. The molecule has 1 saturated carbocycles. The summed E-state index contributed by atoms with van der Waals surface area (Å²) in [5.74, 6) is 1.34. The van der Waals surface area contributed by atoms with Crippen LogP contribution in [-0.2, 0) is 14.3 Å². The topological polar surface area (TPSA) is 82.9 Å². The molecule has 0 atom stereocenters. The number of hydrogen-bond donors (Lipinski definition) is 1. The third-order valence-corrected chi connectivity index (χ3v) is 6.55. The Hall–Kier alpha value is -2.75. The molecule has 9 nitrogen and oxygen atoms in total. The number of carbonyl (C=O) groups is 2. The number of hydrogen-bond acceptors (Lipinski definition) is 6. The standard InChI is InChI=1S/C24H32N6O3/c31-23(17-27-8-10-29(11-9-27)24(32)18-28-12-14-33-15-13-28)25-22-16-21(19-6-7-19)26-30(22)20-4-2-1-3-5-20/h1-5,16,19H,6-15,17-18H2,(H,25,31). The van der Waals surface area contributed by atoms with E-state index >= 15 is 0 Å². The summed E-state index contributed by atoms with van der Waals surface area (Å²) in [4.78, 5) is 31.6. The average molecular weight is 453 g/mol. The number of carbonyl (C=O) groups excluding carboxylic acids is 2. The summed E-state index contributed by atoms with van der Waals surface area (Å²) >= 11 is 0. The van der Waals surface area contributed by atoms with Crippen LogP contribution in [0.1, 0.15) is 24.5 Å². The molecule has 0 spiro atoms. The summed E-state index contributed by atoms with van der Waals surface area (Å²) < 4.78 is 7.18. The van der Waals surface area contributed by atoms with Crippen LogP contribution < -0.4 is 5.32 Å². The lowest BCUT2D eigenvalue weighted by Gasteiger charge is -2.36. The first-order valence-corrected chi connectivity index (χ1v) is 11.9. The van der Waals surface area contributed by atoms with Crippen LogP contribution in [0.4, 0.5) is 5.82 Å². The van der Waals surface area contributed by atoms with Gasteiger partial charge >= 0.3 is 0 Å². The van der Waals surface area contributed by atoms with Gasteiger partial charge < -0.3 is 15.0 Å². The number of aromatic nitrogens is 2. The number of para-hydroxylation sites is 1. The number of nitrogens with zero attached hydrogens (tertiary/aromatic N) is 5. The first-order valence-electron chi connectivity index (χ1n) is 11.9. The maximum atomic E-state index is 12.8. The van der Waals surface area contributed by atoms with Gasteiger partial charge in [-0.2, -0.15) is 5.10 Å². The Morgan fingerprint density at radius 3 is 2.33 bits per heavy atom. The molecule has 3 aliphatic rings. The van der Waals surface area contributed by atoms with Gasteiger partial charge in [0.15, 0.2) is 0 Å². The van der Waals surface area contributed by atoms with E-state index in [1.54, 1.807) is 0 Å².